The molecule has 3 N–H and O–H groups in total. The van der Waals surface area contributed by atoms with Crippen molar-refractivity contribution < 1.29 is 33.4 Å². The third kappa shape index (κ3) is 7.54. The van der Waals surface area contributed by atoms with Crippen LogP contribution in [0.3, 0.4) is 0 Å². The highest BCUT2D eigenvalue weighted by Gasteiger charge is 2.39. The number of carbonyl (C=O) groups is 4. The Bertz CT molecular complexity index is 1930. The molecule has 2 aliphatic rings. The number of nitrogens with one attached hydrogen (secondary N) is 2. The first-order chi connectivity index (χ1) is 24.4. The number of cyclic esters (lactones) is 1. The van der Waals surface area contributed by atoms with Gasteiger partial charge < -0.3 is 25.0 Å². The number of aromatic amines is 1. The minimum Gasteiger partial charge on any atom is -0.465 e. The molecule has 4 aromatic rings. The van der Waals surface area contributed by atoms with Gasteiger partial charge in [0.15, 0.2) is 0 Å². The Hall–Kier alpha value is -5.80. The Morgan fingerprint density at radius 1 is 1.16 bits per heavy atom. The topological polar surface area (TPSA) is 179 Å². The molecule has 0 bridgehead atoms. The Morgan fingerprint density at radius 3 is 2.59 bits per heavy atom. The molecule has 0 spiro atoms. The quantitative estimate of drug-likeness (QED) is 0.204. The zero-order valence-electron chi connectivity index (χ0n) is 28.7. The van der Waals surface area contributed by atoms with Gasteiger partial charge in [0, 0.05) is 26.1 Å². The number of ether oxygens (including phenoxy) is 1. The number of aromatic nitrogens is 5. The van der Waals surface area contributed by atoms with Gasteiger partial charge in [0.25, 0.3) is 0 Å². The van der Waals surface area contributed by atoms with E-state index >= 15 is 4.39 Å². The van der Waals surface area contributed by atoms with E-state index in [-0.39, 0.29) is 43.4 Å². The Labute approximate surface area is 293 Å². The maximum absolute atomic E-state index is 15.5. The van der Waals surface area contributed by atoms with Crippen LogP contribution in [0, 0.1) is 11.7 Å². The Morgan fingerprint density at radius 2 is 1.90 bits per heavy atom. The standard InChI is InChI=1S/C35H40FN9O6/c1-20(2)31(42(4)34(48)49)33(47)44-13-5-6-30(44)32-38-16-29(39-32)23-9-7-22(8-10-23)27-12-11-25(14-28(27)36)45-19-26(51-35(45)50)18-43-17-24(40-41-43)15-37-21(3)46/h7-12,14,16-17,20,26,30-31H,5-6,13,15,18-19H2,1-4H3,(H,37,46)(H,38,39)(H,48,49)/t26-,30-,31-/m0/s1. The first-order valence-corrected chi connectivity index (χ1v) is 16.7. The van der Waals surface area contributed by atoms with E-state index in [9.17, 15) is 24.3 Å². The molecule has 4 amide bonds. The van der Waals surface area contributed by atoms with Crippen LogP contribution in [0.15, 0.2) is 54.9 Å². The number of rotatable bonds is 11. The fourth-order valence-corrected chi connectivity index (χ4v) is 6.65. The molecule has 2 saturated heterocycles. The van der Waals surface area contributed by atoms with Crippen molar-refractivity contribution in [3.8, 4) is 22.4 Å². The van der Waals surface area contributed by atoms with Gasteiger partial charge in [0.05, 0.1) is 49.5 Å². The summed E-state index contributed by atoms with van der Waals surface area (Å²) in [5, 5.41) is 20.2. The summed E-state index contributed by atoms with van der Waals surface area (Å²) in [5.74, 6) is -0.505. The number of imidazole rings is 1. The molecular weight excluding hydrogens is 661 g/mol. The maximum Gasteiger partial charge on any atom is 0.414 e. The number of amides is 4. The number of H-pyrrole nitrogens is 1. The van der Waals surface area contributed by atoms with E-state index < -0.39 is 30.1 Å². The van der Waals surface area contributed by atoms with Crippen LogP contribution in [0.25, 0.3) is 22.4 Å². The molecule has 0 unspecified atom stereocenters. The summed E-state index contributed by atoms with van der Waals surface area (Å²) >= 11 is 0. The summed E-state index contributed by atoms with van der Waals surface area (Å²) in [6, 6.07) is 10.8. The van der Waals surface area contributed by atoms with Crippen LogP contribution < -0.4 is 10.2 Å². The summed E-state index contributed by atoms with van der Waals surface area (Å²) in [7, 11) is 1.42. The zero-order chi connectivity index (χ0) is 36.4. The van der Waals surface area contributed by atoms with Crippen LogP contribution in [0.2, 0.25) is 0 Å². The number of benzene rings is 2. The molecule has 0 saturated carbocycles. The Balaban J connectivity index is 1.10. The van der Waals surface area contributed by atoms with Crippen LogP contribution in [-0.4, -0.2) is 96.2 Å². The smallest absolute Gasteiger partial charge is 0.414 e. The van der Waals surface area contributed by atoms with Crippen LogP contribution in [0.1, 0.15) is 51.2 Å². The van der Waals surface area contributed by atoms with Gasteiger partial charge in [-0.15, -0.1) is 5.10 Å². The molecule has 2 aromatic heterocycles. The van der Waals surface area contributed by atoms with Crippen molar-refractivity contribution in [3.63, 3.8) is 0 Å². The highest BCUT2D eigenvalue weighted by atomic mass is 19.1. The molecular formula is C35H40FN9O6. The van der Waals surface area contributed by atoms with Crippen molar-refractivity contribution in [2.24, 2.45) is 5.92 Å². The van der Waals surface area contributed by atoms with Crippen molar-refractivity contribution in [2.45, 2.75) is 64.9 Å². The average Bonchev–Trinajstić information content (AvgIpc) is 3.91. The molecule has 268 valence electrons. The maximum atomic E-state index is 15.5. The van der Waals surface area contributed by atoms with E-state index in [1.165, 1.54) is 29.6 Å². The molecule has 0 radical (unpaired) electrons. The molecule has 2 fully saturated rings. The van der Waals surface area contributed by atoms with E-state index in [1.54, 1.807) is 41.6 Å². The lowest BCUT2D eigenvalue weighted by molar-refractivity contribution is -0.138. The van der Waals surface area contributed by atoms with Crippen LogP contribution in [-0.2, 0) is 27.4 Å². The number of nitrogens with zero attached hydrogens (tertiary/aromatic N) is 7. The summed E-state index contributed by atoms with van der Waals surface area (Å²) < 4.78 is 22.5. The van der Waals surface area contributed by atoms with Crippen LogP contribution >= 0.6 is 0 Å². The van der Waals surface area contributed by atoms with Crippen LogP contribution in [0.4, 0.5) is 19.7 Å². The van der Waals surface area contributed by atoms with Gasteiger partial charge in [-0.3, -0.25) is 19.4 Å². The molecule has 4 heterocycles. The zero-order valence-corrected chi connectivity index (χ0v) is 28.7. The number of carbonyl (C=O) groups excluding carboxylic acids is 3. The highest BCUT2D eigenvalue weighted by Crippen LogP contribution is 2.34. The molecule has 15 nitrogen and oxygen atoms in total. The van der Waals surface area contributed by atoms with Gasteiger partial charge in [0.2, 0.25) is 11.8 Å². The lowest BCUT2D eigenvalue weighted by Gasteiger charge is -2.33. The van der Waals surface area contributed by atoms with Gasteiger partial charge in [0.1, 0.15) is 29.5 Å². The third-order valence-electron chi connectivity index (χ3n) is 9.19. The molecule has 3 atom stereocenters. The van der Waals surface area contributed by atoms with E-state index in [2.05, 4.69) is 25.6 Å². The number of anilines is 1. The minimum absolute atomic E-state index is 0.183. The van der Waals surface area contributed by atoms with E-state index in [1.807, 2.05) is 26.0 Å². The monoisotopic (exact) mass is 701 g/mol. The fourth-order valence-electron chi connectivity index (χ4n) is 6.65. The molecule has 2 aromatic carbocycles. The number of likely N-dealkylation sites (N-methyl/N-ethyl adjacent to an activating group) is 1. The van der Waals surface area contributed by atoms with Crippen molar-refractivity contribution in [2.75, 3.05) is 25.0 Å². The number of hydrogen-bond donors (Lipinski definition) is 3. The lowest BCUT2D eigenvalue weighted by Crippen LogP contribution is -2.51. The SMILES string of the molecule is CC(=O)NCc1cn(C[C@H]2CN(c3ccc(-c4ccc(-c5cnc([C@@H]6CCCN6C(=O)[C@H](C(C)C)N(C)C(=O)O)[nH]5)cc4)c(F)c3)C(=O)O2)nn1. The fraction of sp³-hybridized carbons (Fsp3) is 0.400. The molecule has 2 aliphatic heterocycles. The van der Waals surface area contributed by atoms with Gasteiger partial charge >= 0.3 is 12.2 Å². The van der Waals surface area contributed by atoms with Gasteiger partial charge in [-0.25, -0.2) is 23.6 Å². The summed E-state index contributed by atoms with van der Waals surface area (Å²) in [4.78, 5) is 61.1. The summed E-state index contributed by atoms with van der Waals surface area (Å²) in [6.07, 6.45) is 2.56. The molecule has 16 heteroatoms. The third-order valence-corrected chi connectivity index (χ3v) is 9.19. The lowest BCUT2D eigenvalue weighted by atomic mass is 10.0. The second-order valence-electron chi connectivity index (χ2n) is 13.2. The first kappa shape index (κ1) is 35.0. The van der Waals surface area contributed by atoms with Gasteiger partial charge in [-0.2, -0.15) is 0 Å². The summed E-state index contributed by atoms with van der Waals surface area (Å²) in [5.41, 5.74) is 3.48. The van der Waals surface area contributed by atoms with E-state index in [0.717, 1.165) is 22.6 Å². The highest BCUT2D eigenvalue weighted by molar-refractivity contribution is 5.90. The van der Waals surface area contributed by atoms with Gasteiger partial charge in [-0.1, -0.05) is 43.3 Å². The number of halogens is 1. The van der Waals surface area contributed by atoms with Crippen LogP contribution in [0.5, 0.6) is 0 Å². The largest absolute Gasteiger partial charge is 0.465 e. The molecule has 51 heavy (non-hydrogen) atoms. The molecule has 0 aliphatic carbocycles. The average molecular weight is 702 g/mol. The van der Waals surface area contributed by atoms with Crippen molar-refractivity contribution in [1.29, 1.82) is 0 Å². The minimum atomic E-state index is -1.15. The second kappa shape index (κ2) is 14.6. The van der Waals surface area contributed by atoms with E-state index in [4.69, 9.17) is 4.74 Å². The predicted molar refractivity (Wildman–Crippen MR) is 183 cm³/mol. The number of likely N-dealkylation sites (tertiary alicyclic amines) is 1. The van der Waals surface area contributed by atoms with Crippen molar-refractivity contribution in [1.82, 2.24) is 40.1 Å². The number of carboxylic acid groups (broad SMARTS) is 1. The van der Waals surface area contributed by atoms with Crippen molar-refractivity contribution in [3.05, 3.63) is 72.2 Å². The number of hydrogen-bond acceptors (Lipinski definition) is 8. The molecule has 6 rings (SSSR count). The first-order valence-electron chi connectivity index (χ1n) is 16.7. The van der Waals surface area contributed by atoms with Crippen molar-refractivity contribution >= 4 is 29.7 Å². The predicted octanol–water partition coefficient (Wildman–Crippen LogP) is 4.43. The summed E-state index contributed by atoms with van der Waals surface area (Å²) in [6.45, 7) is 6.28. The normalized spacial score (nSPS) is 17.9. The second-order valence-corrected chi connectivity index (χ2v) is 13.2. The van der Waals surface area contributed by atoms with Gasteiger partial charge in [-0.05, 0) is 48.1 Å². The Kier molecular flexibility index (Phi) is 10.0. The van der Waals surface area contributed by atoms with E-state index in [0.29, 0.717) is 41.3 Å².